The number of hydrogen-bond donors (Lipinski definition) is 1. The van der Waals surface area contributed by atoms with Crippen LogP contribution < -0.4 is 14.8 Å². The van der Waals surface area contributed by atoms with Gasteiger partial charge in [0.2, 0.25) is 5.91 Å². The van der Waals surface area contributed by atoms with Gasteiger partial charge in [-0.1, -0.05) is 6.07 Å². The van der Waals surface area contributed by atoms with Gasteiger partial charge in [-0.25, -0.2) is 0 Å². The zero-order chi connectivity index (χ0) is 17.4. The molecule has 1 N–H and O–H groups in total. The summed E-state index contributed by atoms with van der Waals surface area (Å²) in [6.45, 7) is 3.67. The van der Waals surface area contributed by atoms with E-state index in [9.17, 15) is 4.79 Å². The first-order chi connectivity index (χ1) is 11.6. The monoisotopic (exact) mass is 336 g/mol. The minimum absolute atomic E-state index is 0.0658. The fourth-order valence-electron chi connectivity index (χ4n) is 2.71. The van der Waals surface area contributed by atoms with Crippen LogP contribution in [0.4, 0.5) is 0 Å². The second kappa shape index (κ2) is 9.49. The van der Waals surface area contributed by atoms with Crippen LogP contribution >= 0.6 is 0 Å². The lowest BCUT2D eigenvalue weighted by molar-refractivity contribution is -0.126. The van der Waals surface area contributed by atoms with Crippen molar-refractivity contribution >= 4 is 5.91 Å². The number of nitrogens with one attached hydrogen (secondary N) is 1. The maximum absolute atomic E-state index is 12.3. The van der Waals surface area contributed by atoms with Gasteiger partial charge in [-0.2, -0.15) is 0 Å². The standard InChI is InChI=1S/C18H28N2O4/c1-20(9-10-22-2)8-4-7-19-18(21)15-11-14-5-6-16(23-3)12-17(14)24-13-15/h5-6,12,15H,4,7-11,13H2,1-3H3,(H,19,21)/t15-/m1/s1. The number of fused-ring (bicyclic) bond motifs is 1. The second-order valence-corrected chi connectivity index (χ2v) is 6.13. The predicted molar refractivity (Wildman–Crippen MR) is 92.7 cm³/mol. The minimum Gasteiger partial charge on any atom is -0.497 e. The van der Waals surface area contributed by atoms with Gasteiger partial charge in [0.15, 0.2) is 0 Å². The number of likely N-dealkylation sites (N-methyl/N-ethyl adjacent to an activating group) is 1. The van der Waals surface area contributed by atoms with Gasteiger partial charge in [0, 0.05) is 26.3 Å². The summed E-state index contributed by atoms with van der Waals surface area (Å²) < 4.78 is 16.0. The number of nitrogens with zero attached hydrogens (tertiary/aromatic N) is 1. The molecule has 0 spiro atoms. The molecule has 0 radical (unpaired) electrons. The summed E-state index contributed by atoms with van der Waals surface area (Å²) in [7, 11) is 5.39. The predicted octanol–water partition coefficient (Wildman–Crippen LogP) is 1.33. The van der Waals surface area contributed by atoms with Crippen molar-refractivity contribution < 1.29 is 19.0 Å². The quantitative estimate of drug-likeness (QED) is 0.690. The van der Waals surface area contributed by atoms with Gasteiger partial charge < -0.3 is 24.4 Å². The largest absolute Gasteiger partial charge is 0.497 e. The SMILES string of the molecule is COCCN(C)CCCNC(=O)[C@H]1COc2cc(OC)ccc2C1. The number of amides is 1. The van der Waals surface area contributed by atoms with Crippen molar-refractivity contribution in [2.75, 3.05) is 54.1 Å². The molecule has 1 aromatic carbocycles. The third-order valence-electron chi connectivity index (χ3n) is 4.24. The maximum Gasteiger partial charge on any atom is 0.226 e. The fourth-order valence-corrected chi connectivity index (χ4v) is 2.71. The number of carbonyl (C=O) groups is 1. The van der Waals surface area contributed by atoms with Gasteiger partial charge in [0.05, 0.1) is 19.6 Å². The molecule has 0 saturated carbocycles. The summed E-state index contributed by atoms with van der Waals surface area (Å²) in [5.74, 6) is 1.53. The van der Waals surface area contributed by atoms with Crippen LogP contribution in [-0.4, -0.2) is 64.9 Å². The van der Waals surface area contributed by atoms with E-state index in [1.54, 1.807) is 14.2 Å². The lowest BCUT2D eigenvalue weighted by Crippen LogP contribution is -2.38. The highest BCUT2D eigenvalue weighted by atomic mass is 16.5. The minimum atomic E-state index is -0.128. The van der Waals surface area contributed by atoms with Crippen LogP contribution in [0.3, 0.4) is 0 Å². The van der Waals surface area contributed by atoms with Crippen LogP contribution in [0.2, 0.25) is 0 Å². The molecule has 1 aliphatic rings. The van der Waals surface area contributed by atoms with E-state index in [-0.39, 0.29) is 11.8 Å². The van der Waals surface area contributed by atoms with Crippen LogP contribution in [0.15, 0.2) is 18.2 Å². The summed E-state index contributed by atoms with van der Waals surface area (Å²) in [6.07, 6.45) is 1.63. The molecular weight excluding hydrogens is 308 g/mol. The molecule has 1 amide bonds. The number of ether oxygens (including phenoxy) is 3. The summed E-state index contributed by atoms with van der Waals surface area (Å²) in [4.78, 5) is 14.5. The zero-order valence-electron chi connectivity index (χ0n) is 14.8. The van der Waals surface area contributed by atoms with E-state index in [2.05, 4.69) is 17.3 Å². The second-order valence-electron chi connectivity index (χ2n) is 6.13. The van der Waals surface area contributed by atoms with E-state index in [0.717, 1.165) is 43.2 Å². The van der Waals surface area contributed by atoms with E-state index >= 15 is 0 Å². The molecule has 0 unspecified atom stereocenters. The van der Waals surface area contributed by atoms with Gasteiger partial charge in [-0.05, 0) is 38.1 Å². The molecule has 0 saturated heterocycles. The van der Waals surface area contributed by atoms with Crippen molar-refractivity contribution in [3.05, 3.63) is 23.8 Å². The molecule has 1 aromatic rings. The molecule has 0 fully saturated rings. The summed E-state index contributed by atoms with van der Waals surface area (Å²) >= 11 is 0. The first-order valence-corrected chi connectivity index (χ1v) is 8.39. The normalized spacial score (nSPS) is 16.4. The molecule has 1 aliphatic heterocycles. The molecule has 2 rings (SSSR count). The van der Waals surface area contributed by atoms with Crippen LogP contribution in [-0.2, 0) is 16.0 Å². The Bertz CT molecular complexity index is 536. The Balaban J connectivity index is 1.72. The van der Waals surface area contributed by atoms with Gasteiger partial charge in [-0.3, -0.25) is 4.79 Å². The van der Waals surface area contributed by atoms with Gasteiger partial charge in [-0.15, -0.1) is 0 Å². The van der Waals surface area contributed by atoms with E-state index in [4.69, 9.17) is 14.2 Å². The number of hydrogen-bond acceptors (Lipinski definition) is 5. The highest BCUT2D eigenvalue weighted by Gasteiger charge is 2.26. The summed E-state index contributed by atoms with van der Waals surface area (Å²) in [5.41, 5.74) is 1.06. The summed E-state index contributed by atoms with van der Waals surface area (Å²) in [6, 6.07) is 5.75. The molecule has 0 bridgehead atoms. The van der Waals surface area contributed by atoms with Crippen molar-refractivity contribution in [1.82, 2.24) is 10.2 Å². The van der Waals surface area contributed by atoms with Crippen molar-refractivity contribution in [2.24, 2.45) is 5.92 Å². The number of rotatable bonds is 9. The first-order valence-electron chi connectivity index (χ1n) is 8.39. The molecule has 1 heterocycles. The lowest BCUT2D eigenvalue weighted by Gasteiger charge is -2.25. The molecule has 24 heavy (non-hydrogen) atoms. The Hall–Kier alpha value is -1.79. The van der Waals surface area contributed by atoms with Crippen LogP contribution in [0.1, 0.15) is 12.0 Å². The van der Waals surface area contributed by atoms with E-state index in [1.807, 2.05) is 18.2 Å². The van der Waals surface area contributed by atoms with Crippen LogP contribution in [0, 0.1) is 5.92 Å². The smallest absolute Gasteiger partial charge is 0.226 e. The Morgan fingerprint density at radius 3 is 2.96 bits per heavy atom. The Morgan fingerprint density at radius 1 is 1.38 bits per heavy atom. The average molecular weight is 336 g/mol. The van der Waals surface area contributed by atoms with E-state index in [1.165, 1.54) is 0 Å². The number of benzene rings is 1. The maximum atomic E-state index is 12.3. The highest BCUT2D eigenvalue weighted by molar-refractivity contribution is 5.79. The molecule has 134 valence electrons. The lowest BCUT2D eigenvalue weighted by atomic mass is 9.96. The molecule has 0 aromatic heterocycles. The average Bonchev–Trinajstić information content (AvgIpc) is 2.62. The summed E-state index contributed by atoms with van der Waals surface area (Å²) in [5, 5.41) is 3.02. The zero-order valence-corrected chi connectivity index (χ0v) is 14.8. The van der Waals surface area contributed by atoms with Crippen molar-refractivity contribution in [3.8, 4) is 11.5 Å². The van der Waals surface area contributed by atoms with Gasteiger partial charge >= 0.3 is 0 Å². The first kappa shape index (κ1) is 18.5. The van der Waals surface area contributed by atoms with Crippen molar-refractivity contribution in [1.29, 1.82) is 0 Å². The molecule has 6 nitrogen and oxygen atoms in total. The number of carbonyl (C=O) groups excluding carboxylic acids is 1. The van der Waals surface area contributed by atoms with Crippen LogP contribution in [0.25, 0.3) is 0 Å². The van der Waals surface area contributed by atoms with Crippen molar-refractivity contribution in [2.45, 2.75) is 12.8 Å². The Labute approximate surface area is 144 Å². The molecule has 6 heteroatoms. The van der Waals surface area contributed by atoms with E-state index < -0.39 is 0 Å². The number of methoxy groups -OCH3 is 2. The van der Waals surface area contributed by atoms with Gasteiger partial charge in [0.25, 0.3) is 0 Å². The molecule has 0 aliphatic carbocycles. The molecular formula is C18H28N2O4. The fraction of sp³-hybridized carbons (Fsp3) is 0.611. The highest BCUT2D eigenvalue weighted by Crippen LogP contribution is 2.30. The van der Waals surface area contributed by atoms with Crippen LogP contribution in [0.5, 0.6) is 11.5 Å². The van der Waals surface area contributed by atoms with E-state index in [0.29, 0.717) is 19.6 Å². The Kier molecular flexibility index (Phi) is 7.34. The third kappa shape index (κ3) is 5.39. The topological polar surface area (TPSA) is 60.0 Å². The van der Waals surface area contributed by atoms with Crippen molar-refractivity contribution in [3.63, 3.8) is 0 Å². The third-order valence-corrected chi connectivity index (χ3v) is 4.24. The molecule has 1 atom stereocenters. The van der Waals surface area contributed by atoms with Gasteiger partial charge in [0.1, 0.15) is 18.1 Å². The Morgan fingerprint density at radius 2 is 2.21 bits per heavy atom.